The number of aromatic nitrogens is 3. The highest BCUT2D eigenvalue weighted by atomic mass is 32.2. The van der Waals surface area contributed by atoms with E-state index in [9.17, 15) is 9.59 Å². The second kappa shape index (κ2) is 12.4. The number of amides is 2. The van der Waals surface area contributed by atoms with E-state index in [4.69, 9.17) is 4.74 Å². The molecule has 0 bridgehead atoms. The number of benzene rings is 3. The minimum Gasteiger partial charge on any atom is -0.494 e. The Hall–Kier alpha value is -4.11. The van der Waals surface area contributed by atoms with Gasteiger partial charge in [-0.05, 0) is 73.4 Å². The molecule has 2 amide bonds. The van der Waals surface area contributed by atoms with E-state index in [0.717, 1.165) is 17.0 Å². The fourth-order valence-electron chi connectivity index (χ4n) is 4.04. The van der Waals surface area contributed by atoms with Crippen molar-refractivity contribution in [3.05, 3.63) is 78.4 Å². The van der Waals surface area contributed by atoms with E-state index in [2.05, 4.69) is 65.9 Å². The summed E-state index contributed by atoms with van der Waals surface area (Å²) in [5.41, 5.74) is 4.37. The largest absolute Gasteiger partial charge is 0.494 e. The average Bonchev–Trinajstić information content (AvgIpc) is 3.33. The smallest absolute Gasteiger partial charge is 0.237 e. The van der Waals surface area contributed by atoms with E-state index in [1.54, 1.807) is 24.3 Å². The summed E-state index contributed by atoms with van der Waals surface area (Å²) in [5.74, 6) is 1.15. The van der Waals surface area contributed by atoms with Crippen LogP contribution in [0.3, 0.4) is 0 Å². The quantitative estimate of drug-likeness (QED) is 0.222. The molecule has 0 radical (unpaired) electrons. The Morgan fingerprint density at radius 1 is 0.900 bits per heavy atom. The van der Waals surface area contributed by atoms with E-state index >= 15 is 0 Å². The number of carbonyl (C=O) groups excluding carboxylic acids is 2. The van der Waals surface area contributed by atoms with Crippen molar-refractivity contribution in [2.24, 2.45) is 0 Å². The molecule has 0 aliphatic heterocycles. The molecule has 0 unspecified atom stereocenters. The van der Waals surface area contributed by atoms with Crippen LogP contribution in [0.5, 0.6) is 5.75 Å². The summed E-state index contributed by atoms with van der Waals surface area (Å²) in [4.78, 5) is 24.3. The Bertz CT molecular complexity index is 1460. The van der Waals surface area contributed by atoms with Gasteiger partial charge < -0.3 is 15.4 Å². The molecular formula is C31H35N5O3S. The Kier molecular flexibility index (Phi) is 8.94. The van der Waals surface area contributed by atoms with E-state index < -0.39 is 5.25 Å². The highest BCUT2D eigenvalue weighted by molar-refractivity contribution is 8.00. The van der Waals surface area contributed by atoms with Crippen LogP contribution in [-0.2, 0) is 15.0 Å². The third-order valence-corrected chi connectivity index (χ3v) is 7.22. The standard InChI is InChI=1S/C31H35N5O3S/c1-7-39-27-18-16-26(17-19-27)36-28(22-8-10-23(11-9-22)31(4,5)6)34-35-30(36)40-20(2)29(38)33-25-14-12-24(13-15-25)32-21(3)37/h8-20H,7H2,1-6H3,(H,32,37)(H,33,38)/t20-/m1/s1. The Morgan fingerprint density at radius 3 is 2.05 bits per heavy atom. The molecule has 3 aromatic carbocycles. The molecule has 2 N–H and O–H groups in total. The van der Waals surface area contributed by atoms with E-state index in [0.29, 0.717) is 29.0 Å². The molecule has 0 aliphatic rings. The first-order chi connectivity index (χ1) is 19.0. The van der Waals surface area contributed by atoms with Crippen LogP contribution in [0.2, 0.25) is 0 Å². The van der Waals surface area contributed by atoms with Crippen LogP contribution >= 0.6 is 11.8 Å². The van der Waals surface area contributed by atoms with Crippen LogP contribution in [0.4, 0.5) is 11.4 Å². The Balaban J connectivity index is 1.60. The third kappa shape index (κ3) is 7.09. The van der Waals surface area contributed by atoms with Gasteiger partial charge in [-0.3, -0.25) is 14.2 Å². The summed E-state index contributed by atoms with van der Waals surface area (Å²) >= 11 is 1.33. The fraction of sp³-hybridized carbons (Fsp3) is 0.290. The van der Waals surface area contributed by atoms with Crippen LogP contribution < -0.4 is 15.4 Å². The van der Waals surface area contributed by atoms with Crippen molar-refractivity contribution >= 4 is 35.0 Å². The summed E-state index contributed by atoms with van der Waals surface area (Å²) in [6, 6.07) is 23.1. The highest BCUT2D eigenvalue weighted by Gasteiger charge is 2.23. The molecule has 208 valence electrons. The molecule has 4 rings (SSSR count). The molecule has 1 aromatic heterocycles. The van der Waals surface area contributed by atoms with Crippen molar-refractivity contribution in [1.29, 1.82) is 0 Å². The molecule has 0 spiro atoms. The molecule has 0 saturated heterocycles. The lowest BCUT2D eigenvalue weighted by Gasteiger charge is -2.19. The van der Waals surface area contributed by atoms with Crippen LogP contribution in [0.1, 0.15) is 47.1 Å². The minimum atomic E-state index is -0.461. The van der Waals surface area contributed by atoms with Gasteiger partial charge in [-0.2, -0.15) is 0 Å². The second-order valence-electron chi connectivity index (χ2n) is 10.4. The molecule has 8 nitrogen and oxygen atoms in total. The number of nitrogens with one attached hydrogen (secondary N) is 2. The molecular weight excluding hydrogens is 522 g/mol. The number of nitrogens with zero attached hydrogens (tertiary/aromatic N) is 3. The van der Waals surface area contributed by atoms with Crippen molar-refractivity contribution in [2.75, 3.05) is 17.2 Å². The lowest BCUT2D eigenvalue weighted by molar-refractivity contribution is -0.115. The van der Waals surface area contributed by atoms with Gasteiger partial charge in [0.25, 0.3) is 0 Å². The third-order valence-electron chi connectivity index (χ3n) is 6.17. The highest BCUT2D eigenvalue weighted by Crippen LogP contribution is 2.32. The van der Waals surface area contributed by atoms with Gasteiger partial charge in [-0.25, -0.2) is 0 Å². The van der Waals surface area contributed by atoms with Gasteiger partial charge >= 0.3 is 0 Å². The molecule has 9 heteroatoms. The number of thioether (sulfide) groups is 1. The van der Waals surface area contributed by atoms with Gasteiger partial charge in [0.1, 0.15) is 5.75 Å². The maximum absolute atomic E-state index is 13.1. The average molecular weight is 558 g/mol. The van der Waals surface area contributed by atoms with Gasteiger partial charge in [0, 0.05) is 29.5 Å². The number of hydrogen-bond donors (Lipinski definition) is 2. The first-order valence-electron chi connectivity index (χ1n) is 13.2. The van der Waals surface area contributed by atoms with Crippen LogP contribution in [0.15, 0.2) is 78.0 Å². The summed E-state index contributed by atoms with van der Waals surface area (Å²) in [6.07, 6.45) is 0. The van der Waals surface area contributed by atoms with E-state index in [1.165, 1.54) is 24.2 Å². The minimum absolute atomic E-state index is 0.0371. The molecule has 40 heavy (non-hydrogen) atoms. The van der Waals surface area contributed by atoms with Crippen molar-refractivity contribution in [3.63, 3.8) is 0 Å². The summed E-state index contributed by atoms with van der Waals surface area (Å²) in [6.45, 7) is 12.4. The molecule has 0 saturated carbocycles. The molecule has 1 heterocycles. The summed E-state index contributed by atoms with van der Waals surface area (Å²) in [7, 11) is 0. The SMILES string of the molecule is CCOc1ccc(-n2c(S[C@H](C)C(=O)Nc3ccc(NC(C)=O)cc3)nnc2-c2ccc(C(C)(C)C)cc2)cc1. The zero-order valence-corrected chi connectivity index (χ0v) is 24.5. The number of ether oxygens (including phenoxy) is 1. The predicted molar refractivity (Wildman–Crippen MR) is 161 cm³/mol. The van der Waals surface area contributed by atoms with Gasteiger partial charge in [0.2, 0.25) is 11.8 Å². The lowest BCUT2D eigenvalue weighted by atomic mass is 9.87. The number of hydrogen-bond acceptors (Lipinski definition) is 6. The zero-order chi connectivity index (χ0) is 28.9. The van der Waals surface area contributed by atoms with Gasteiger partial charge in [-0.1, -0.05) is 56.8 Å². The predicted octanol–water partition coefficient (Wildman–Crippen LogP) is 6.71. The van der Waals surface area contributed by atoms with Crippen LogP contribution in [0.25, 0.3) is 17.1 Å². The van der Waals surface area contributed by atoms with Crippen molar-refractivity contribution in [2.45, 2.75) is 57.4 Å². The van der Waals surface area contributed by atoms with Crippen LogP contribution in [0, 0.1) is 0 Å². The van der Waals surface area contributed by atoms with Crippen molar-refractivity contribution in [3.8, 4) is 22.8 Å². The summed E-state index contributed by atoms with van der Waals surface area (Å²) < 4.78 is 7.60. The second-order valence-corrected chi connectivity index (χ2v) is 11.7. The normalized spacial score (nSPS) is 12.1. The van der Waals surface area contributed by atoms with Gasteiger partial charge in [0.15, 0.2) is 11.0 Å². The van der Waals surface area contributed by atoms with Gasteiger partial charge in [0.05, 0.1) is 11.9 Å². The molecule has 1 atom stereocenters. The topological polar surface area (TPSA) is 98.1 Å². The van der Waals surface area contributed by atoms with E-state index in [1.807, 2.05) is 42.7 Å². The maximum atomic E-state index is 13.1. The summed E-state index contributed by atoms with van der Waals surface area (Å²) in [5, 5.41) is 14.8. The molecule has 0 aliphatic carbocycles. The maximum Gasteiger partial charge on any atom is 0.237 e. The van der Waals surface area contributed by atoms with E-state index in [-0.39, 0.29) is 17.2 Å². The lowest BCUT2D eigenvalue weighted by Crippen LogP contribution is -2.23. The zero-order valence-electron chi connectivity index (χ0n) is 23.7. The Labute approximate surface area is 239 Å². The van der Waals surface area contributed by atoms with Crippen LogP contribution in [-0.4, -0.2) is 38.4 Å². The fourth-order valence-corrected chi connectivity index (χ4v) is 4.91. The Morgan fingerprint density at radius 2 is 1.50 bits per heavy atom. The molecule has 4 aromatic rings. The first kappa shape index (κ1) is 28.9. The number of anilines is 2. The first-order valence-corrected chi connectivity index (χ1v) is 14.1. The number of rotatable bonds is 9. The van der Waals surface area contributed by atoms with Gasteiger partial charge in [-0.15, -0.1) is 10.2 Å². The van der Waals surface area contributed by atoms with Crippen molar-refractivity contribution in [1.82, 2.24) is 14.8 Å². The number of carbonyl (C=O) groups is 2. The molecule has 0 fully saturated rings. The van der Waals surface area contributed by atoms with Crippen molar-refractivity contribution < 1.29 is 14.3 Å². The monoisotopic (exact) mass is 557 g/mol.